The summed E-state index contributed by atoms with van der Waals surface area (Å²) in [5.74, 6) is 1.82. The van der Waals surface area contributed by atoms with E-state index in [1.54, 1.807) is 0 Å². The van der Waals surface area contributed by atoms with Crippen molar-refractivity contribution in [1.29, 1.82) is 0 Å². The van der Waals surface area contributed by atoms with E-state index in [-0.39, 0.29) is 0 Å². The van der Waals surface area contributed by atoms with Crippen molar-refractivity contribution < 1.29 is 0 Å². The Morgan fingerprint density at radius 1 is 1.06 bits per heavy atom. The predicted octanol–water partition coefficient (Wildman–Crippen LogP) is 3.53. The fourth-order valence-corrected chi connectivity index (χ4v) is 1.86. The molecule has 0 saturated carbocycles. The van der Waals surface area contributed by atoms with E-state index in [1.165, 1.54) is 0 Å². The molecule has 0 aliphatic heterocycles. The lowest BCUT2D eigenvalue weighted by Crippen LogP contribution is -2.04. The van der Waals surface area contributed by atoms with Crippen LogP contribution < -0.4 is 5.32 Å². The summed E-state index contributed by atoms with van der Waals surface area (Å²) in [6.07, 6.45) is 1.98. The molecule has 18 heavy (non-hydrogen) atoms. The third-order valence-electron chi connectivity index (χ3n) is 2.67. The fraction of sp³-hybridized carbons (Fsp3) is 0.333. The minimum absolute atomic E-state index is 0.872. The Hall–Kier alpha value is -1.90. The lowest BCUT2D eigenvalue weighted by atomic mass is 10.1. The SMILES string of the molecule is CCCc1nc(NCC)cc(-c2ccccc2)n1. The van der Waals surface area contributed by atoms with Gasteiger partial charge in [0, 0.05) is 24.6 Å². The number of hydrogen-bond acceptors (Lipinski definition) is 3. The van der Waals surface area contributed by atoms with E-state index >= 15 is 0 Å². The van der Waals surface area contributed by atoms with Crippen LogP contribution >= 0.6 is 0 Å². The van der Waals surface area contributed by atoms with Gasteiger partial charge in [-0.25, -0.2) is 9.97 Å². The summed E-state index contributed by atoms with van der Waals surface area (Å²) < 4.78 is 0. The Balaban J connectivity index is 2.39. The number of benzene rings is 1. The molecule has 1 N–H and O–H groups in total. The van der Waals surface area contributed by atoms with Crippen LogP contribution in [0.3, 0.4) is 0 Å². The first-order valence-electron chi connectivity index (χ1n) is 6.50. The van der Waals surface area contributed by atoms with Crippen LogP contribution in [-0.2, 0) is 6.42 Å². The van der Waals surface area contributed by atoms with Crippen LogP contribution in [0.15, 0.2) is 36.4 Å². The second-order valence-corrected chi connectivity index (χ2v) is 4.20. The van der Waals surface area contributed by atoms with Gasteiger partial charge in [0.1, 0.15) is 11.6 Å². The van der Waals surface area contributed by atoms with Crippen molar-refractivity contribution >= 4 is 5.82 Å². The zero-order valence-corrected chi connectivity index (χ0v) is 11.0. The number of nitrogens with zero attached hydrogens (tertiary/aromatic N) is 2. The van der Waals surface area contributed by atoms with Crippen LogP contribution in [0.5, 0.6) is 0 Å². The van der Waals surface area contributed by atoms with Crippen LogP contribution in [-0.4, -0.2) is 16.5 Å². The summed E-state index contributed by atoms with van der Waals surface area (Å²) >= 11 is 0. The highest BCUT2D eigenvalue weighted by Crippen LogP contribution is 2.19. The maximum atomic E-state index is 4.62. The van der Waals surface area contributed by atoms with Gasteiger partial charge in [-0.15, -0.1) is 0 Å². The molecule has 2 rings (SSSR count). The Labute approximate surface area is 108 Å². The Kier molecular flexibility index (Phi) is 4.29. The molecule has 0 spiro atoms. The zero-order valence-electron chi connectivity index (χ0n) is 11.0. The number of rotatable bonds is 5. The van der Waals surface area contributed by atoms with E-state index in [0.717, 1.165) is 42.3 Å². The van der Waals surface area contributed by atoms with Crippen molar-refractivity contribution in [2.75, 3.05) is 11.9 Å². The summed E-state index contributed by atoms with van der Waals surface area (Å²) in [6, 6.07) is 12.2. The van der Waals surface area contributed by atoms with E-state index in [2.05, 4.69) is 41.3 Å². The molecular weight excluding hydrogens is 222 g/mol. The number of nitrogens with one attached hydrogen (secondary N) is 1. The van der Waals surface area contributed by atoms with Gasteiger partial charge in [-0.1, -0.05) is 37.3 Å². The van der Waals surface area contributed by atoms with E-state index in [0.29, 0.717) is 0 Å². The smallest absolute Gasteiger partial charge is 0.131 e. The van der Waals surface area contributed by atoms with Gasteiger partial charge in [0.15, 0.2) is 0 Å². The van der Waals surface area contributed by atoms with E-state index in [4.69, 9.17) is 0 Å². The molecule has 0 aliphatic carbocycles. The maximum Gasteiger partial charge on any atom is 0.131 e. The number of hydrogen-bond donors (Lipinski definition) is 1. The van der Waals surface area contributed by atoms with E-state index < -0.39 is 0 Å². The van der Waals surface area contributed by atoms with Gasteiger partial charge in [0.25, 0.3) is 0 Å². The van der Waals surface area contributed by atoms with Crippen molar-refractivity contribution in [2.45, 2.75) is 26.7 Å². The molecule has 2 aromatic rings. The maximum absolute atomic E-state index is 4.62. The molecule has 1 aromatic carbocycles. The quantitative estimate of drug-likeness (QED) is 0.870. The minimum atomic E-state index is 0.872. The van der Waals surface area contributed by atoms with E-state index in [9.17, 15) is 0 Å². The lowest BCUT2D eigenvalue weighted by molar-refractivity contribution is 0.836. The topological polar surface area (TPSA) is 37.8 Å². The molecule has 0 radical (unpaired) electrons. The van der Waals surface area contributed by atoms with Crippen LogP contribution in [0.1, 0.15) is 26.1 Å². The first-order valence-corrected chi connectivity index (χ1v) is 6.50. The molecule has 94 valence electrons. The number of aryl methyl sites for hydroxylation is 1. The average molecular weight is 241 g/mol. The van der Waals surface area contributed by atoms with Gasteiger partial charge in [-0.3, -0.25) is 0 Å². The summed E-state index contributed by atoms with van der Waals surface area (Å²) in [4.78, 5) is 9.14. The molecule has 1 aromatic heterocycles. The Bertz CT molecular complexity index is 470. The van der Waals surface area contributed by atoms with Gasteiger partial charge < -0.3 is 5.32 Å². The summed E-state index contributed by atoms with van der Waals surface area (Å²) in [5.41, 5.74) is 2.13. The fourth-order valence-electron chi connectivity index (χ4n) is 1.86. The molecular formula is C15H19N3. The second kappa shape index (κ2) is 6.15. The molecule has 0 unspecified atom stereocenters. The highest BCUT2D eigenvalue weighted by molar-refractivity contribution is 5.62. The van der Waals surface area contributed by atoms with Crippen molar-refractivity contribution in [3.05, 3.63) is 42.2 Å². The summed E-state index contributed by atoms with van der Waals surface area (Å²) in [6.45, 7) is 5.09. The highest BCUT2D eigenvalue weighted by Gasteiger charge is 2.05. The highest BCUT2D eigenvalue weighted by atomic mass is 15.0. The van der Waals surface area contributed by atoms with Gasteiger partial charge in [-0.2, -0.15) is 0 Å². The predicted molar refractivity (Wildman–Crippen MR) is 75.6 cm³/mol. The van der Waals surface area contributed by atoms with Crippen LogP contribution in [0.4, 0.5) is 5.82 Å². The van der Waals surface area contributed by atoms with Crippen molar-refractivity contribution in [3.8, 4) is 11.3 Å². The van der Waals surface area contributed by atoms with Crippen molar-refractivity contribution in [2.24, 2.45) is 0 Å². The van der Waals surface area contributed by atoms with Crippen LogP contribution in [0, 0.1) is 0 Å². The van der Waals surface area contributed by atoms with Gasteiger partial charge in [0.2, 0.25) is 0 Å². The zero-order chi connectivity index (χ0) is 12.8. The average Bonchev–Trinajstić information content (AvgIpc) is 2.40. The third kappa shape index (κ3) is 3.06. The minimum Gasteiger partial charge on any atom is -0.370 e. The normalized spacial score (nSPS) is 10.3. The molecule has 3 nitrogen and oxygen atoms in total. The molecule has 0 saturated heterocycles. The number of aromatic nitrogens is 2. The molecule has 0 fully saturated rings. The van der Waals surface area contributed by atoms with Crippen LogP contribution in [0.25, 0.3) is 11.3 Å². The molecule has 0 bridgehead atoms. The summed E-state index contributed by atoms with van der Waals surface area (Å²) in [5, 5.41) is 3.27. The molecule has 3 heteroatoms. The standard InChI is InChI=1S/C15H19N3/c1-3-8-14-17-13(11-15(18-14)16-4-2)12-9-6-5-7-10-12/h5-7,9-11H,3-4,8H2,1-2H3,(H,16,17,18). The second-order valence-electron chi connectivity index (χ2n) is 4.20. The molecule has 0 aliphatic rings. The first-order chi connectivity index (χ1) is 8.83. The molecule has 0 amide bonds. The van der Waals surface area contributed by atoms with Crippen molar-refractivity contribution in [3.63, 3.8) is 0 Å². The van der Waals surface area contributed by atoms with Crippen LogP contribution in [0.2, 0.25) is 0 Å². The number of anilines is 1. The van der Waals surface area contributed by atoms with Gasteiger partial charge in [-0.05, 0) is 13.3 Å². The molecule has 1 heterocycles. The largest absolute Gasteiger partial charge is 0.370 e. The molecule has 0 atom stereocenters. The first kappa shape index (κ1) is 12.6. The van der Waals surface area contributed by atoms with E-state index in [1.807, 2.05) is 24.3 Å². The van der Waals surface area contributed by atoms with Gasteiger partial charge in [0.05, 0.1) is 5.69 Å². The monoisotopic (exact) mass is 241 g/mol. The lowest BCUT2D eigenvalue weighted by Gasteiger charge is -2.08. The van der Waals surface area contributed by atoms with Crippen molar-refractivity contribution in [1.82, 2.24) is 9.97 Å². The Morgan fingerprint density at radius 3 is 2.50 bits per heavy atom. The summed E-state index contributed by atoms with van der Waals surface area (Å²) in [7, 11) is 0. The van der Waals surface area contributed by atoms with Gasteiger partial charge >= 0.3 is 0 Å². The third-order valence-corrected chi connectivity index (χ3v) is 2.67. The Morgan fingerprint density at radius 2 is 1.83 bits per heavy atom.